The second-order valence-electron chi connectivity index (χ2n) is 7.41. The molecule has 1 N–H and O–H groups in total. The van der Waals surface area contributed by atoms with Crippen molar-refractivity contribution in [2.24, 2.45) is 0 Å². The van der Waals surface area contributed by atoms with Crippen molar-refractivity contribution in [3.8, 4) is 5.75 Å². The lowest BCUT2D eigenvalue weighted by Crippen LogP contribution is -2.33. The lowest BCUT2D eigenvalue weighted by Gasteiger charge is -2.32. The van der Waals surface area contributed by atoms with E-state index in [-0.39, 0.29) is 6.04 Å². The van der Waals surface area contributed by atoms with Crippen molar-refractivity contribution in [2.45, 2.75) is 19.1 Å². The Balaban J connectivity index is 1.67. The first-order valence-corrected chi connectivity index (χ1v) is 11.1. The van der Waals surface area contributed by atoms with Crippen LogP contribution < -0.4 is 10.1 Å². The summed E-state index contributed by atoms with van der Waals surface area (Å²) < 4.78 is 7.42. The predicted octanol–water partition coefficient (Wildman–Crippen LogP) is 5.41. The molecule has 3 nitrogen and oxygen atoms in total. The summed E-state index contributed by atoms with van der Waals surface area (Å²) in [6, 6.07) is 27.7. The third-order valence-electron chi connectivity index (χ3n) is 5.38. The largest absolute Gasteiger partial charge is 0.489 e. The molecule has 0 aliphatic carbocycles. The van der Waals surface area contributed by atoms with Gasteiger partial charge in [0.2, 0.25) is 0 Å². The Morgan fingerprint density at radius 3 is 2.45 bits per heavy atom. The smallest absolute Gasteiger partial charge is 0.124 e. The maximum atomic E-state index is 6.32. The minimum Gasteiger partial charge on any atom is -0.489 e. The average Bonchev–Trinajstić information content (AvgIpc) is 3.05. The van der Waals surface area contributed by atoms with Gasteiger partial charge in [0, 0.05) is 29.7 Å². The van der Waals surface area contributed by atoms with Crippen molar-refractivity contribution in [1.29, 1.82) is 0 Å². The van der Waals surface area contributed by atoms with Gasteiger partial charge in [-0.25, -0.2) is 0 Å². The average molecular weight is 451 g/mol. The highest BCUT2D eigenvalue weighted by Gasteiger charge is 2.26. The fraction of sp³-hybridized carbons (Fsp3) is 0.280. The Morgan fingerprint density at radius 2 is 1.62 bits per heavy atom. The van der Waals surface area contributed by atoms with E-state index < -0.39 is 0 Å². The number of para-hydroxylation sites is 1. The molecular formula is C25H27BrN2O. The minimum atomic E-state index is 0.176. The zero-order valence-corrected chi connectivity index (χ0v) is 18.1. The van der Waals surface area contributed by atoms with Crippen molar-refractivity contribution in [2.75, 3.05) is 26.2 Å². The number of hydrogen-bond donors (Lipinski definition) is 1. The first-order valence-electron chi connectivity index (χ1n) is 10.3. The Labute approximate surface area is 181 Å². The number of rotatable bonds is 6. The van der Waals surface area contributed by atoms with Crippen LogP contribution in [0.15, 0.2) is 83.3 Å². The molecule has 1 fully saturated rings. The van der Waals surface area contributed by atoms with E-state index in [0.717, 1.165) is 42.8 Å². The van der Waals surface area contributed by atoms with Gasteiger partial charge in [-0.2, -0.15) is 0 Å². The van der Waals surface area contributed by atoms with Crippen molar-refractivity contribution >= 4 is 15.9 Å². The molecule has 0 aromatic heterocycles. The number of ether oxygens (including phenoxy) is 1. The predicted molar refractivity (Wildman–Crippen MR) is 122 cm³/mol. The summed E-state index contributed by atoms with van der Waals surface area (Å²) in [4.78, 5) is 2.58. The minimum absolute atomic E-state index is 0.176. The summed E-state index contributed by atoms with van der Waals surface area (Å²) in [6.07, 6.45) is 1.15. The van der Waals surface area contributed by atoms with Crippen LogP contribution in [0.3, 0.4) is 0 Å². The van der Waals surface area contributed by atoms with Gasteiger partial charge >= 0.3 is 0 Å². The van der Waals surface area contributed by atoms with Crippen LogP contribution in [0.25, 0.3) is 0 Å². The SMILES string of the molecule is Brc1ccc(C(c2ccccc2OCc2ccccc2)N2CCCNCC2)cc1. The van der Waals surface area contributed by atoms with E-state index in [0.29, 0.717) is 6.61 Å². The van der Waals surface area contributed by atoms with Gasteiger partial charge in [-0.1, -0.05) is 76.6 Å². The Bertz CT molecular complexity index is 890. The summed E-state index contributed by atoms with van der Waals surface area (Å²) in [5.41, 5.74) is 3.71. The zero-order chi connectivity index (χ0) is 19.9. The molecule has 1 unspecified atom stereocenters. The molecule has 0 radical (unpaired) electrons. The van der Waals surface area contributed by atoms with Gasteiger partial charge in [0.15, 0.2) is 0 Å². The van der Waals surface area contributed by atoms with Crippen LogP contribution in [-0.4, -0.2) is 31.1 Å². The third-order valence-corrected chi connectivity index (χ3v) is 5.90. The highest BCUT2D eigenvalue weighted by Crippen LogP contribution is 2.36. The molecule has 0 bridgehead atoms. The molecule has 29 heavy (non-hydrogen) atoms. The quantitative estimate of drug-likeness (QED) is 0.542. The normalized spacial score (nSPS) is 16.2. The third kappa shape index (κ3) is 5.27. The molecule has 0 spiro atoms. The molecule has 4 heteroatoms. The summed E-state index contributed by atoms with van der Waals surface area (Å²) in [7, 11) is 0. The zero-order valence-electron chi connectivity index (χ0n) is 16.6. The molecule has 1 saturated heterocycles. The van der Waals surface area contributed by atoms with Crippen molar-refractivity contribution in [1.82, 2.24) is 10.2 Å². The molecule has 1 atom stereocenters. The van der Waals surface area contributed by atoms with Gasteiger partial charge in [-0.15, -0.1) is 0 Å². The molecule has 1 aliphatic rings. The molecule has 4 rings (SSSR count). The van der Waals surface area contributed by atoms with Crippen molar-refractivity contribution in [3.63, 3.8) is 0 Å². The van der Waals surface area contributed by atoms with Gasteiger partial charge < -0.3 is 10.1 Å². The van der Waals surface area contributed by atoms with E-state index in [9.17, 15) is 0 Å². The van der Waals surface area contributed by atoms with Crippen LogP contribution in [0.1, 0.15) is 29.2 Å². The number of nitrogens with zero attached hydrogens (tertiary/aromatic N) is 1. The lowest BCUT2D eigenvalue weighted by atomic mass is 9.96. The maximum absolute atomic E-state index is 6.32. The van der Waals surface area contributed by atoms with Gasteiger partial charge in [0.25, 0.3) is 0 Å². The van der Waals surface area contributed by atoms with E-state index in [1.165, 1.54) is 16.7 Å². The summed E-state index contributed by atoms with van der Waals surface area (Å²) in [5.74, 6) is 0.960. The second-order valence-corrected chi connectivity index (χ2v) is 8.32. The maximum Gasteiger partial charge on any atom is 0.124 e. The highest BCUT2D eigenvalue weighted by atomic mass is 79.9. The van der Waals surface area contributed by atoms with E-state index in [2.05, 4.69) is 98.9 Å². The number of nitrogens with one attached hydrogen (secondary N) is 1. The fourth-order valence-electron chi connectivity index (χ4n) is 3.93. The van der Waals surface area contributed by atoms with Gasteiger partial charge in [-0.05, 0) is 42.3 Å². The molecule has 3 aromatic carbocycles. The second kappa shape index (κ2) is 10.1. The van der Waals surface area contributed by atoms with Crippen LogP contribution >= 0.6 is 15.9 Å². The van der Waals surface area contributed by atoms with Crippen LogP contribution in [0.2, 0.25) is 0 Å². The molecule has 3 aromatic rings. The summed E-state index contributed by atoms with van der Waals surface area (Å²) >= 11 is 3.58. The summed E-state index contributed by atoms with van der Waals surface area (Å²) in [5, 5.41) is 3.52. The van der Waals surface area contributed by atoms with E-state index in [4.69, 9.17) is 4.74 Å². The molecule has 150 valence electrons. The number of halogens is 1. The fourth-order valence-corrected chi connectivity index (χ4v) is 4.19. The van der Waals surface area contributed by atoms with E-state index >= 15 is 0 Å². The first-order chi connectivity index (χ1) is 14.3. The van der Waals surface area contributed by atoms with E-state index in [1.54, 1.807) is 0 Å². The monoisotopic (exact) mass is 450 g/mol. The van der Waals surface area contributed by atoms with E-state index in [1.807, 2.05) is 6.07 Å². The lowest BCUT2D eigenvalue weighted by molar-refractivity contribution is 0.230. The topological polar surface area (TPSA) is 24.5 Å². The van der Waals surface area contributed by atoms with Crippen molar-refractivity contribution < 1.29 is 4.74 Å². The first kappa shape index (κ1) is 20.1. The number of benzene rings is 3. The number of hydrogen-bond acceptors (Lipinski definition) is 3. The summed E-state index contributed by atoms with van der Waals surface area (Å²) in [6.45, 7) is 4.76. The highest BCUT2D eigenvalue weighted by molar-refractivity contribution is 9.10. The Hall–Kier alpha value is -2.14. The molecule has 0 amide bonds. The van der Waals surface area contributed by atoms with Crippen LogP contribution in [0, 0.1) is 0 Å². The van der Waals surface area contributed by atoms with Crippen LogP contribution in [-0.2, 0) is 6.61 Å². The molecular weight excluding hydrogens is 424 g/mol. The van der Waals surface area contributed by atoms with Crippen LogP contribution in [0.4, 0.5) is 0 Å². The Morgan fingerprint density at radius 1 is 0.862 bits per heavy atom. The van der Waals surface area contributed by atoms with Gasteiger partial charge in [0.05, 0.1) is 6.04 Å². The molecule has 1 heterocycles. The molecule has 0 saturated carbocycles. The van der Waals surface area contributed by atoms with Gasteiger partial charge in [-0.3, -0.25) is 4.90 Å². The Kier molecular flexibility index (Phi) is 6.99. The van der Waals surface area contributed by atoms with Crippen molar-refractivity contribution in [3.05, 3.63) is 100 Å². The standard InChI is InChI=1S/C25H27BrN2O/c26-22-13-11-21(12-14-22)25(28-17-6-15-27-16-18-28)23-9-4-5-10-24(23)29-19-20-7-2-1-3-8-20/h1-5,7-14,25,27H,6,15-19H2. The molecule has 1 aliphatic heterocycles. The van der Waals surface area contributed by atoms with Gasteiger partial charge in [0.1, 0.15) is 12.4 Å². The van der Waals surface area contributed by atoms with Crippen LogP contribution in [0.5, 0.6) is 5.75 Å².